The largest absolute Gasteiger partial charge is 0.298 e. The number of thiophene rings is 1. The molecule has 0 saturated carbocycles. The van der Waals surface area contributed by atoms with Gasteiger partial charge in [-0.3, -0.25) is 4.79 Å². The van der Waals surface area contributed by atoms with E-state index in [1.54, 1.807) is 11.3 Å². The fourth-order valence-electron chi connectivity index (χ4n) is 1.43. The standard InChI is InChI=1S/C10H6BrIOS/c11-4-6-3-9(12)10-7(1-2-14-10)8(6)5-13/h1-3,5H,4H2. The third-order valence-electron chi connectivity index (χ3n) is 2.08. The summed E-state index contributed by atoms with van der Waals surface area (Å²) in [5.41, 5.74) is 1.88. The maximum Gasteiger partial charge on any atom is 0.151 e. The van der Waals surface area contributed by atoms with Gasteiger partial charge in [0.1, 0.15) is 0 Å². The van der Waals surface area contributed by atoms with Gasteiger partial charge in [0, 0.05) is 24.5 Å². The molecule has 1 heterocycles. The third-order valence-corrected chi connectivity index (χ3v) is 4.85. The topological polar surface area (TPSA) is 17.1 Å². The van der Waals surface area contributed by atoms with E-state index < -0.39 is 0 Å². The van der Waals surface area contributed by atoms with Crippen LogP contribution in [0.3, 0.4) is 0 Å². The summed E-state index contributed by atoms with van der Waals surface area (Å²) in [6, 6.07) is 4.08. The summed E-state index contributed by atoms with van der Waals surface area (Å²) >= 11 is 7.39. The average molecular weight is 381 g/mol. The van der Waals surface area contributed by atoms with Crippen LogP contribution in [0.15, 0.2) is 17.5 Å². The first-order valence-corrected chi connectivity index (χ1v) is 7.05. The molecular formula is C10H6BrIOS. The van der Waals surface area contributed by atoms with Gasteiger partial charge in [-0.05, 0) is 45.7 Å². The fraction of sp³-hybridized carbons (Fsp3) is 0.100. The van der Waals surface area contributed by atoms with Gasteiger partial charge >= 0.3 is 0 Å². The van der Waals surface area contributed by atoms with Crippen LogP contribution in [-0.2, 0) is 5.33 Å². The molecule has 0 saturated heterocycles. The molecule has 0 fully saturated rings. The molecule has 0 atom stereocenters. The number of halogens is 2. The van der Waals surface area contributed by atoms with Crippen LogP contribution in [0.2, 0.25) is 0 Å². The Morgan fingerprint density at radius 3 is 3.00 bits per heavy atom. The second kappa shape index (κ2) is 4.28. The first kappa shape index (κ1) is 10.6. The lowest BCUT2D eigenvalue weighted by molar-refractivity contribution is 0.112. The highest BCUT2D eigenvalue weighted by atomic mass is 127. The minimum Gasteiger partial charge on any atom is -0.298 e. The number of carbonyl (C=O) groups is 1. The quantitative estimate of drug-likeness (QED) is 0.433. The highest BCUT2D eigenvalue weighted by Crippen LogP contribution is 2.31. The van der Waals surface area contributed by atoms with E-state index in [1.165, 1.54) is 8.27 Å². The molecule has 0 bridgehead atoms. The summed E-state index contributed by atoms with van der Waals surface area (Å²) in [7, 11) is 0. The highest BCUT2D eigenvalue weighted by Gasteiger charge is 2.10. The first-order chi connectivity index (χ1) is 6.77. The van der Waals surface area contributed by atoms with Gasteiger partial charge in [0.25, 0.3) is 0 Å². The molecule has 0 N–H and O–H groups in total. The number of alkyl halides is 1. The van der Waals surface area contributed by atoms with Gasteiger partial charge in [-0.2, -0.15) is 0 Å². The number of hydrogen-bond donors (Lipinski definition) is 0. The Morgan fingerprint density at radius 1 is 1.57 bits per heavy atom. The van der Waals surface area contributed by atoms with E-state index in [2.05, 4.69) is 44.6 Å². The molecule has 0 aliphatic carbocycles. The Morgan fingerprint density at radius 2 is 2.36 bits per heavy atom. The Hall–Kier alpha value is 0.0600. The number of carbonyl (C=O) groups excluding carboxylic acids is 1. The van der Waals surface area contributed by atoms with Crippen molar-refractivity contribution in [3.05, 3.63) is 32.2 Å². The van der Waals surface area contributed by atoms with E-state index in [0.717, 1.165) is 28.1 Å². The number of hydrogen-bond acceptors (Lipinski definition) is 2. The lowest BCUT2D eigenvalue weighted by Gasteiger charge is -2.04. The summed E-state index contributed by atoms with van der Waals surface area (Å²) in [4.78, 5) is 11.0. The molecule has 0 radical (unpaired) electrons. The summed E-state index contributed by atoms with van der Waals surface area (Å²) in [5, 5.41) is 3.83. The fourth-order valence-corrected chi connectivity index (χ4v) is 3.75. The maximum atomic E-state index is 11.0. The average Bonchev–Trinajstić information content (AvgIpc) is 2.66. The van der Waals surface area contributed by atoms with Gasteiger partial charge in [0.2, 0.25) is 0 Å². The van der Waals surface area contributed by atoms with E-state index in [9.17, 15) is 4.79 Å². The normalized spacial score (nSPS) is 10.7. The number of aldehydes is 1. The van der Waals surface area contributed by atoms with Crippen LogP contribution in [0.25, 0.3) is 10.1 Å². The molecule has 0 aliphatic heterocycles. The van der Waals surface area contributed by atoms with Crippen molar-refractivity contribution >= 4 is 66.2 Å². The monoisotopic (exact) mass is 380 g/mol. The van der Waals surface area contributed by atoms with Crippen molar-refractivity contribution in [2.24, 2.45) is 0 Å². The molecule has 2 aromatic rings. The zero-order chi connectivity index (χ0) is 10.1. The summed E-state index contributed by atoms with van der Waals surface area (Å²) in [5.74, 6) is 0. The van der Waals surface area contributed by atoms with Gasteiger partial charge in [0.05, 0.1) is 0 Å². The molecule has 1 nitrogen and oxygen atoms in total. The molecule has 0 spiro atoms. The van der Waals surface area contributed by atoms with Crippen LogP contribution in [0.5, 0.6) is 0 Å². The summed E-state index contributed by atoms with van der Waals surface area (Å²) in [6.45, 7) is 0. The Kier molecular flexibility index (Phi) is 3.23. The molecule has 0 unspecified atom stereocenters. The summed E-state index contributed by atoms with van der Waals surface area (Å²) in [6.07, 6.45) is 0.946. The van der Waals surface area contributed by atoms with E-state index in [4.69, 9.17) is 0 Å². The van der Waals surface area contributed by atoms with Crippen LogP contribution in [0, 0.1) is 3.57 Å². The van der Waals surface area contributed by atoms with E-state index in [0.29, 0.717) is 0 Å². The van der Waals surface area contributed by atoms with Crippen molar-refractivity contribution in [3.63, 3.8) is 0 Å². The Bertz CT molecular complexity index is 492. The second-order valence-electron chi connectivity index (χ2n) is 2.85. The summed E-state index contributed by atoms with van der Waals surface area (Å²) < 4.78 is 2.42. The van der Waals surface area contributed by atoms with E-state index >= 15 is 0 Å². The zero-order valence-electron chi connectivity index (χ0n) is 7.09. The van der Waals surface area contributed by atoms with Crippen molar-refractivity contribution in [3.8, 4) is 0 Å². The van der Waals surface area contributed by atoms with Crippen LogP contribution in [-0.4, -0.2) is 6.29 Å². The molecule has 1 aromatic heterocycles. The van der Waals surface area contributed by atoms with Crippen molar-refractivity contribution in [1.82, 2.24) is 0 Å². The minimum absolute atomic E-state index is 0.725. The lowest BCUT2D eigenvalue weighted by atomic mass is 10.1. The minimum atomic E-state index is 0.725. The molecule has 4 heteroatoms. The predicted octanol–water partition coefficient (Wildman–Crippen LogP) is 4.21. The van der Waals surface area contributed by atoms with Crippen LogP contribution in [0.4, 0.5) is 0 Å². The zero-order valence-corrected chi connectivity index (χ0v) is 11.6. The Balaban J connectivity index is 2.88. The highest BCUT2D eigenvalue weighted by molar-refractivity contribution is 14.1. The number of benzene rings is 1. The van der Waals surface area contributed by atoms with Gasteiger partial charge in [-0.15, -0.1) is 11.3 Å². The van der Waals surface area contributed by atoms with E-state index in [1.807, 2.05) is 11.4 Å². The van der Waals surface area contributed by atoms with Crippen LogP contribution in [0.1, 0.15) is 15.9 Å². The first-order valence-electron chi connectivity index (χ1n) is 3.97. The SMILES string of the molecule is O=Cc1c(CBr)cc(I)c2sccc12. The molecule has 72 valence electrons. The van der Waals surface area contributed by atoms with Gasteiger partial charge in [-0.1, -0.05) is 15.9 Å². The number of fused-ring (bicyclic) bond motifs is 1. The molecule has 0 aliphatic rings. The van der Waals surface area contributed by atoms with Gasteiger partial charge in [-0.25, -0.2) is 0 Å². The number of rotatable bonds is 2. The van der Waals surface area contributed by atoms with Crippen molar-refractivity contribution in [2.75, 3.05) is 0 Å². The van der Waals surface area contributed by atoms with Gasteiger partial charge in [0.15, 0.2) is 6.29 Å². The van der Waals surface area contributed by atoms with Gasteiger partial charge < -0.3 is 0 Å². The van der Waals surface area contributed by atoms with Crippen LogP contribution >= 0.6 is 49.9 Å². The molecule has 1 aromatic carbocycles. The lowest BCUT2D eigenvalue weighted by Crippen LogP contribution is -1.91. The van der Waals surface area contributed by atoms with E-state index in [-0.39, 0.29) is 0 Å². The smallest absolute Gasteiger partial charge is 0.151 e. The van der Waals surface area contributed by atoms with Crippen molar-refractivity contribution in [2.45, 2.75) is 5.33 Å². The molecular weight excluding hydrogens is 375 g/mol. The maximum absolute atomic E-state index is 11.0. The molecule has 14 heavy (non-hydrogen) atoms. The van der Waals surface area contributed by atoms with Crippen LogP contribution < -0.4 is 0 Å². The van der Waals surface area contributed by atoms with Crippen molar-refractivity contribution in [1.29, 1.82) is 0 Å². The Labute approximate surface area is 108 Å². The third kappa shape index (κ3) is 1.63. The molecule has 0 amide bonds. The van der Waals surface area contributed by atoms with Crippen molar-refractivity contribution < 1.29 is 4.79 Å². The predicted molar refractivity (Wildman–Crippen MR) is 72.6 cm³/mol. The second-order valence-corrected chi connectivity index (χ2v) is 5.49. The molecule has 2 rings (SSSR count).